The monoisotopic (exact) mass is 389 g/mol. The summed E-state index contributed by atoms with van der Waals surface area (Å²) in [6.45, 7) is 11.2. The van der Waals surface area contributed by atoms with Crippen molar-refractivity contribution in [3.8, 4) is 11.5 Å². The van der Waals surface area contributed by atoms with Crippen LogP contribution < -0.4 is 4.90 Å². The van der Waals surface area contributed by atoms with Crippen LogP contribution in [0.1, 0.15) is 55.6 Å². The summed E-state index contributed by atoms with van der Waals surface area (Å²) >= 11 is 0. The molecular weight excluding hydrogens is 362 g/mol. The van der Waals surface area contributed by atoms with Crippen molar-refractivity contribution in [2.24, 2.45) is 0 Å². The number of carbonyl (C=O) groups excluding carboxylic acids is 1. The lowest BCUT2D eigenvalue weighted by Crippen LogP contribution is -2.24. The summed E-state index contributed by atoms with van der Waals surface area (Å²) < 4.78 is 5.51. The van der Waals surface area contributed by atoms with Crippen LogP contribution in [0.2, 0.25) is 0 Å². The SMILES string of the molecule is Cc1cc(C)cc(N2CC(c3noc(-c4ccc(C(C)(C)C)cc4)n3)CC2=O)c1. The van der Waals surface area contributed by atoms with Crippen LogP contribution >= 0.6 is 0 Å². The van der Waals surface area contributed by atoms with E-state index in [0.717, 1.165) is 22.4 Å². The maximum absolute atomic E-state index is 12.6. The standard InChI is InChI=1S/C24H27N3O2/c1-15-10-16(2)12-20(11-15)27-14-18(13-21(27)28)22-25-23(29-26-22)17-6-8-19(9-7-17)24(3,4)5/h6-12,18H,13-14H2,1-5H3. The van der Waals surface area contributed by atoms with E-state index in [-0.39, 0.29) is 17.2 Å². The van der Waals surface area contributed by atoms with Gasteiger partial charge in [0.25, 0.3) is 5.89 Å². The third-order valence-electron chi connectivity index (χ3n) is 5.45. The molecule has 3 aromatic rings. The Kier molecular flexibility index (Phi) is 4.77. The van der Waals surface area contributed by atoms with Crippen molar-refractivity contribution in [1.82, 2.24) is 10.1 Å². The van der Waals surface area contributed by atoms with E-state index < -0.39 is 0 Å². The van der Waals surface area contributed by atoms with Crippen LogP contribution in [0.5, 0.6) is 0 Å². The number of amides is 1. The summed E-state index contributed by atoms with van der Waals surface area (Å²) in [5, 5.41) is 4.18. The van der Waals surface area contributed by atoms with Gasteiger partial charge in [-0.25, -0.2) is 0 Å². The van der Waals surface area contributed by atoms with E-state index in [1.165, 1.54) is 5.56 Å². The molecule has 0 bridgehead atoms. The van der Waals surface area contributed by atoms with Crippen molar-refractivity contribution in [3.05, 3.63) is 65.0 Å². The molecule has 0 spiro atoms. The highest BCUT2D eigenvalue weighted by Gasteiger charge is 2.34. The number of benzene rings is 2. The van der Waals surface area contributed by atoms with Crippen LogP contribution in [-0.2, 0) is 10.2 Å². The average molecular weight is 389 g/mol. The average Bonchev–Trinajstić information content (AvgIpc) is 3.27. The zero-order valence-electron chi connectivity index (χ0n) is 17.7. The molecule has 1 aromatic heterocycles. The van der Waals surface area contributed by atoms with Crippen LogP contribution in [0.4, 0.5) is 5.69 Å². The first-order valence-electron chi connectivity index (χ1n) is 10.0. The van der Waals surface area contributed by atoms with Gasteiger partial charge < -0.3 is 9.42 Å². The van der Waals surface area contributed by atoms with Gasteiger partial charge in [0.05, 0.1) is 0 Å². The zero-order valence-corrected chi connectivity index (χ0v) is 17.7. The van der Waals surface area contributed by atoms with Crippen molar-refractivity contribution in [2.45, 2.75) is 52.4 Å². The second-order valence-electron chi connectivity index (χ2n) is 9.04. The molecule has 1 unspecified atom stereocenters. The molecule has 0 saturated carbocycles. The van der Waals surface area contributed by atoms with Crippen molar-refractivity contribution < 1.29 is 9.32 Å². The number of anilines is 1. The lowest BCUT2D eigenvalue weighted by atomic mass is 9.87. The smallest absolute Gasteiger partial charge is 0.257 e. The maximum Gasteiger partial charge on any atom is 0.257 e. The lowest BCUT2D eigenvalue weighted by Gasteiger charge is -2.18. The van der Waals surface area contributed by atoms with Crippen molar-refractivity contribution in [2.75, 3.05) is 11.4 Å². The predicted octanol–water partition coefficient (Wildman–Crippen LogP) is 5.17. The Labute approximate surface area is 171 Å². The van der Waals surface area contributed by atoms with Gasteiger partial charge in [-0.05, 0) is 60.2 Å². The van der Waals surface area contributed by atoms with Gasteiger partial charge >= 0.3 is 0 Å². The molecule has 5 nitrogen and oxygen atoms in total. The topological polar surface area (TPSA) is 59.2 Å². The lowest BCUT2D eigenvalue weighted by molar-refractivity contribution is -0.117. The first-order chi connectivity index (χ1) is 13.7. The molecule has 1 aliphatic rings. The Balaban J connectivity index is 1.53. The highest BCUT2D eigenvalue weighted by Crippen LogP contribution is 2.33. The molecular formula is C24H27N3O2. The quantitative estimate of drug-likeness (QED) is 0.620. The summed E-state index contributed by atoms with van der Waals surface area (Å²) in [6, 6.07) is 14.4. The molecule has 2 heterocycles. The molecule has 5 heteroatoms. The number of rotatable bonds is 3. The maximum atomic E-state index is 12.6. The van der Waals surface area contributed by atoms with E-state index in [2.05, 4.69) is 49.1 Å². The third kappa shape index (κ3) is 3.95. The third-order valence-corrected chi connectivity index (χ3v) is 5.45. The fraction of sp³-hybridized carbons (Fsp3) is 0.375. The van der Waals surface area contributed by atoms with Gasteiger partial charge in [0.1, 0.15) is 0 Å². The van der Waals surface area contributed by atoms with Crippen molar-refractivity contribution in [1.29, 1.82) is 0 Å². The van der Waals surface area contributed by atoms with Crippen LogP contribution in [0.25, 0.3) is 11.5 Å². The van der Waals surface area contributed by atoms with E-state index in [1.807, 2.05) is 43.0 Å². The summed E-state index contributed by atoms with van der Waals surface area (Å²) in [5.41, 5.74) is 5.49. The Morgan fingerprint density at radius 2 is 1.69 bits per heavy atom. The summed E-state index contributed by atoms with van der Waals surface area (Å²) in [4.78, 5) is 19.1. The van der Waals surface area contributed by atoms with Gasteiger partial charge in [-0.2, -0.15) is 4.98 Å². The second-order valence-corrected chi connectivity index (χ2v) is 9.04. The van der Waals surface area contributed by atoms with E-state index in [9.17, 15) is 4.79 Å². The molecule has 1 atom stereocenters. The molecule has 2 aromatic carbocycles. The van der Waals surface area contributed by atoms with Crippen LogP contribution in [-0.4, -0.2) is 22.6 Å². The van der Waals surface area contributed by atoms with Gasteiger partial charge in [0, 0.05) is 30.1 Å². The number of aryl methyl sites for hydroxylation is 2. The fourth-order valence-electron chi connectivity index (χ4n) is 3.87. The highest BCUT2D eigenvalue weighted by atomic mass is 16.5. The first kappa shape index (κ1) is 19.4. The van der Waals surface area contributed by atoms with Gasteiger partial charge in [-0.15, -0.1) is 0 Å². The van der Waals surface area contributed by atoms with E-state index in [4.69, 9.17) is 4.52 Å². The zero-order chi connectivity index (χ0) is 20.8. The molecule has 150 valence electrons. The van der Waals surface area contributed by atoms with Crippen molar-refractivity contribution >= 4 is 11.6 Å². The largest absolute Gasteiger partial charge is 0.334 e. The van der Waals surface area contributed by atoms with Crippen LogP contribution in [0, 0.1) is 13.8 Å². The van der Waals surface area contributed by atoms with E-state index in [0.29, 0.717) is 24.7 Å². The minimum atomic E-state index is -0.0605. The highest BCUT2D eigenvalue weighted by molar-refractivity contribution is 5.96. The molecule has 1 amide bonds. The second kappa shape index (κ2) is 7.14. The van der Waals surface area contributed by atoms with Crippen LogP contribution in [0.3, 0.4) is 0 Å². The fourth-order valence-corrected chi connectivity index (χ4v) is 3.87. The van der Waals surface area contributed by atoms with Gasteiger partial charge in [0.15, 0.2) is 5.82 Å². The van der Waals surface area contributed by atoms with E-state index >= 15 is 0 Å². The van der Waals surface area contributed by atoms with Gasteiger partial charge in [-0.3, -0.25) is 4.79 Å². The summed E-state index contributed by atoms with van der Waals surface area (Å²) in [6.07, 6.45) is 0.398. The molecule has 0 radical (unpaired) electrons. The number of aromatic nitrogens is 2. The number of carbonyl (C=O) groups is 1. The normalized spacial score (nSPS) is 17.2. The molecule has 1 fully saturated rings. The first-order valence-corrected chi connectivity index (χ1v) is 10.0. The predicted molar refractivity (Wildman–Crippen MR) is 114 cm³/mol. The number of nitrogens with zero attached hydrogens (tertiary/aromatic N) is 3. The Morgan fingerprint density at radius 1 is 1.03 bits per heavy atom. The van der Waals surface area contributed by atoms with Crippen LogP contribution in [0.15, 0.2) is 47.0 Å². The molecule has 0 aliphatic carbocycles. The Hall–Kier alpha value is -2.95. The van der Waals surface area contributed by atoms with Gasteiger partial charge in [-0.1, -0.05) is 44.1 Å². The van der Waals surface area contributed by atoms with Gasteiger partial charge in [0.2, 0.25) is 5.91 Å². The molecule has 29 heavy (non-hydrogen) atoms. The summed E-state index contributed by atoms with van der Waals surface area (Å²) in [7, 11) is 0. The molecule has 1 saturated heterocycles. The Morgan fingerprint density at radius 3 is 2.31 bits per heavy atom. The Bertz CT molecular complexity index is 1020. The number of hydrogen-bond acceptors (Lipinski definition) is 4. The van der Waals surface area contributed by atoms with E-state index in [1.54, 1.807) is 0 Å². The number of hydrogen-bond donors (Lipinski definition) is 0. The summed E-state index contributed by atoms with van der Waals surface area (Å²) in [5.74, 6) is 1.13. The van der Waals surface area contributed by atoms with Crippen molar-refractivity contribution in [3.63, 3.8) is 0 Å². The minimum Gasteiger partial charge on any atom is -0.334 e. The molecule has 1 aliphatic heterocycles. The minimum absolute atomic E-state index is 0.0605. The molecule has 0 N–H and O–H groups in total. The molecule has 4 rings (SSSR count).